The zero-order valence-corrected chi connectivity index (χ0v) is 11.6. The van der Waals surface area contributed by atoms with Gasteiger partial charge >= 0.3 is 17.9 Å². The quantitative estimate of drug-likeness (QED) is 0.141. The first kappa shape index (κ1) is 18.6. The summed E-state index contributed by atoms with van der Waals surface area (Å²) in [5.41, 5.74) is 10.8. The molecule has 0 aromatic rings. The third-order valence-electron chi connectivity index (χ3n) is 2.49. The van der Waals surface area contributed by atoms with Crippen molar-refractivity contribution in [2.75, 3.05) is 13.7 Å². The molecule has 0 aromatic heterocycles. The van der Waals surface area contributed by atoms with Crippen molar-refractivity contribution in [1.82, 2.24) is 5.32 Å². The van der Waals surface area contributed by atoms with Crippen LogP contribution in [0.2, 0.25) is 0 Å². The van der Waals surface area contributed by atoms with Crippen LogP contribution in [0.3, 0.4) is 0 Å². The molecule has 2 atom stereocenters. The van der Waals surface area contributed by atoms with E-state index in [0.29, 0.717) is 6.42 Å². The number of aliphatic imine (C=N–C) groups is 1. The Bertz CT molecular complexity index is 412. The van der Waals surface area contributed by atoms with Gasteiger partial charge in [-0.25, -0.2) is 4.79 Å². The average Bonchev–Trinajstić information content (AvgIpc) is 2.41. The zero-order valence-electron chi connectivity index (χ0n) is 11.6. The number of ether oxygens (including phenoxy) is 1. The second-order valence-electron chi connectivity index (χ2n) is 4.17. The molecule has 120 valence electrons. The second-order valence-corrected chi connectivity index (χ2v) is 4.17. The average molecular weight is 304 g/mol. The summed E-state index contributed by atoms with van der Waals surface area (Å²) in [6.07, 6.45) is 0.202. The van der Waals surface area contributed by atoms with Crippen LogP contribution in [-0.4, -0.2) is 59.8 Å². The summed E-state index contributed by atoms with van der Waals surface area (Å²) in [4.78, 5) is 36.3. The van der Waals surface area contributed by atoms with Crippen LogP contribution in [0.5, 0.6) is 0 Å². The van der Waals surface area contributed by atoms with Crippen molar-refractivity contribution in [3.63, 3.8) is 0 Å². The van der Waals surface area contributed by atoms with Crippen molar-refractivity contribution in [3.8, 4) is 0 Å². The van der Waals surface area contributed by atoms with Gasteiger partial charge in [-0.2, -0.15) is 0 Å². The molecule has 0 saturated carbocycles. The lowest BCUT2D eigenvalue weighted by molar-refractivity contribution is -0.147. The van der Waals surface area contributed by atoms with Crippen molar-refractivity contribution in [2.24, 2.45) is 16.5 Å². The summed E-state index contributed by atoms with van der Waals surface area (Å²) in [5, 5.41) is 19.9. The summed E-state index contributed by atoms with van der Waals surface area (Å²) < 4.78 is 4.37. The van der Waals surface area contributed by atoms with Crippen molar-refractivity contribution in [3.05, 3.63) is 0 Å². The minimum absolute atomic E-state index is 0.157. The van der Waals surface area contributed by atoms with Crippen molar-refractivity contribution in [2.45, 2.75) is 31.3 Å². The predicted molar refractivity (Wildman–Crippen MR) is 72.5 cm³/mol. The van der Waals surface area contributed by atoms with Gasteiger partial charge in [0.05, 0.1) is 13.5 Å². The normalized spacial score (nSPS) is 14.1. The number of guanidine groups is 1. The predicted octanol–water partition coefficient (Wildman–Crippen LogP) is -1.90. The van der Waals surface area contributed by atoms with E-state index < -0.39 is 36.4 Å². The summed E-state index contributed by atoms with van der Waals surface area (Å²) in [7, 11) is 1.14. The number of nitrogens with one attached hydrogen (secondary N) is 1. The molecule has 0 heterocycles. The van der Waals surface area contributed by atoms with Crippen LogP contribution in [0, 0.1) is 0 Å². The Kier molecular flexibility index (Phi) is 8.46. The van der Waals surface area contributed by atoms with E-state index in [1.165, 1.54) is 0 Å². The Morgan fingerprint density at radius 1 is 1.29 bits per heavy atom. The number of carbonyl (C=O) groups is 3. The van der Waals surface area contributed by atoms with E-state index in [9.17, 15) is 14.4 Å². The molecular weight excluding hydrogens is 284 g/mol. The number of carbonyl (C=O) groups excluding carboxylic acids is 1. The first-order valence-corrected chi connectivity index (χ1v) is 6.12. The molecule has 10 nitrogen and oxygen atoms in total. The highest BCUT2D eigenvalue weighted by Gasteiger charge is 2.22. The SMILES string of the molecule is COC(=O)CC(NC(N)=NCCCC(N)C(=O)O)C(=O)O. The van der Waals surface area contributed by atoms with Crippen LogP contribution >= 0.6 is 0 Å². The molecule has 0 rings (SSSR count). The highest BCUT2D eigenvalue weighted by Crippen LogP contribution is 1.97. The van der Waals surface area contributed by atoms with Gasteiger partial charge in [0.25, 0.3) is 0 Å². The Morgan fingerprint density at radius 2 is 1.90 bits per heavy atom. The van der Waals surface area contributed by atoms with E-state index in [2.05, 4.69) is 15.0 Å². The first-order chi connectivity index (χ1) is 9.77. The molecule has 0 amide bonds. The number of hydrogen-bond acceptors (Lipinski definition) is 6. The van der Waals surface area contributed by atoms with Gasteiger partial charge in [-0.1, -0.05) is 0 Å². The van der Waals surface area contributed by atoms with Gasteiger partial charge in [-0.3, -0.25) is 14.6 Å². The van der Waals surface area contributed by atoms with Crippen molar-refractivity contribution < 1.29 is 29.3 Å². The topological polar surface area (TPSA) is 177 Å². The number of aliphatic carboxylic acids is 2. The minimum Gasteiger partial charge on any atom is -0.480 e. The third kappa shape index (κ3) is 8.42. The van der Waals surface area contributed by atoms with Crippen LogP contribution in [0.1, 0.15) is 19.3 Å². The number of methoxy groups -OCH3 is 1. The van der Waals surface area contributed by atoms with Gasteiger partial charge in [0.15, 0.2) is 5.96 Å². The number of hydrogen-bond donors (Lipinski definition) is 5. The molecule has 0 aliphatic heterocycles. The van der Waals surface area contributed by atoms with Crippen LogP contribution < -0.4 is 16.8 Å². The number of rotatable bonds is 9. The van der Waals surface area contributed by atoms with Crippen LogP contribution in [-0.2, 0) is 19.1 Å². The molecule has 0 spiro atoms. The van der Waals surface area contributed by atoms with Crippen LogP contribution in [0.25, 0.3) is 0 Å². The maximum absolute atomic E-state index is 11.0. The van der Waals surface area contributed by atoms with Gasteiger partial charge in [-0.05, 0) is 12.8 Å². The Hall–Kier alpha value is -2.36. The summed E-state index contributed by atoms with van der Waals surface area (Å²) in [6, 6.07) is -2.22. The van der Waals surface area contributed by atoms with Gasteiger partial charge in [0.2, 0.25) is 0 Å². The molecule has 21 heavy (non-hydrogen) atoms. The molecule has 0 aromatic carbocycles. The van der Waals surface area contributed by atoms with Gasteiger partial charge in [0.1, 0.15) is 12.1 Å². The Balaban J connectivity index is 4.26. The van der Waals surface area contributed by atoms with Gasteiger partial charge in [0, 0.05) is 6.54 Å². The van der Waals surface area contributed by atoms with E-state index >= 15 is 0 Å². The van der Waals surface area contributed by atoms with Gasteiger partial charge < -0.3 is 31.7 Å². The monoisotopic (exact) mass is 304 g/mol. The maximum Gasteiger partial charge on any atom is 0.326 e. The van der Waals surface area contributed by atoms with Crippen molar-refractivity contribution >= 4 is 23.9 Å². The van der Waals surface area contributed by atoms with E-state index in [-0.39, 0.29) is 18.9 Å². The second kappa shape index (κ2) is 9.53. The molecule has 10 heteroatoms. The fourth-order valence-electron chi connectivity index (χ4n) is 1.31. The largest absolute Gasteiger partial charge is 0.480 e. The highest BCUT2D eigenvalue weighted by molar-refractivity contribution is 5.87. The maximum atomic E-state index is 11.0. The Morgan fingerprint density at radius 3 is 2.38 bits per heavy atom. The third-order valence-corrected chi connectivity index (χ3v) is 2.49. The molecule has 7 N–H and O–H groups in total. The lowest BCUT2D eigenvalue weighted by Gasteiger charge is -2.13. The first-order valence-electron chi connectivity index (χ1n) is 6.12. The fourth-order valence-corrected chi connectivity index (χ4v) is 1.31. The van der Waals surface area contributed by atoms with E-state index in [0.717, 1.165) is 7.11 Å². The Labute approximate surface area is 121 Å². The van der Waals surface area contributed by atoms with E-state index in [1.54, 1.807) is 0 Å². The molecular formula is C11H20N4O6. The number of carboxylic acids is 2. The molecule has 0 aliphatic rings. The summed E-state index contributed by atoms with van der Waals surface area (Å²) >= 11 is 0. The zero-order chi connectivity index (χ0) is 16.4. The highest BCUT2D eigenvalue weighted by atomic mass is 16.5. The smallest absolute Gasteiger partial charge is 0.326 e. The minimum atomic E-state index is -1.27. The molecule has 0 bridgehead atoms. The van der Waals surface area contributed by atoms with E-state index in [1.807, 2.05) is 0 Å². The number of esters is 1. The lowest BCUT2D eigenvalue weighted by atomic mass is 10.2. The van der Waals surface area contributed by atoms with Crippen molar-refractivity contribution in [1.29, 1.82) is 0 Å². The van der Waals surface area contributed by atoms with E-state index in [4.69, 9.17) is 21.7 Å². The lowest BCUT2D eigenvalue weighted by Crippen LogP contribution is -2.46. The van der Waals surface area contributed by atoms with Gasteiger partial charge in [-0.15, -0.1) is 0 Å². The molecule has 0 aliphatic carbocycles. The standard InChI is InChI=1S/C11H20N4O6/c1-21-8(16)5-7(10(19)20)15-11(13)14-4-2-3-6(12)9(17)18/h6-7H,2-5,12H2,1H3,(H,17,18)(H,19,20)(H3,13,14,15). The number of carboxylic acid groups (broad SMARTS) is 2. The molecule has 0 radical (unpaired) electrons. The number of nitrogens with zero attached hydrogens (tertiary/aromatic N) is 1. The number of nitrogens with two attached hydrogens (primary N) is 2. The fraction of sp³-hybridized carbons (Fsp3) is 0.636. The molecule has 2 unspecified atom stereocenters. The van der Waals surface area contributed by atoms with Crippen LogP contribution in [0.15, 0.2) is 4.99 Å². The summed E-state index contributed by atoms with van der Waals surface area (Å²) in [5.74, 6) is -3.23. The molecule has 0 saturated heterocycles. The molecule has 0 fully saturated rings. The summed E-state index contributed by atoms with van der Waals surface area (Å²) in [6.45, 7) is 0.185. The van der Waals surface area contributed by atoms with Crippen LogP contribution in [0.4, 0.5) is 0 Å².